The number of hydrogen-bond donors (Lipinski definition) is 0. The second-order valence-electron chi connectivity index (χ2n) is 4.83. The van der Waals surface area contributed by atoms with E-state index in [1.54, 1.807) is 25.4 Å². The zero-order valence-electron chi connectivity index (χ0n) is 12.6. The number of benzene rings is 2. The molecule has 0 aliphatic carbocycles. The fourth-order valence-corrected chi connectivity index (χ4v) is 2.26. The van der Waals surface area contributed by atoms with Crippen LogP contribution in [0.5, 0.6) is 11.5 Å². The summed E-state index contributed by atoms with van der Waals surface area (Å²) < 4.78 is 10.6. The van der Waals surface area contributed by atoms with Crippen LogP contribution in [-0.4, -0.2) is 18.1 Å². The molecule has 0 aliphatic rings. The van der Waals surface area contributed by atoms with Crippen LogP contribution < -0.4 is 9.47 Å². The van der Waals surface area contributed by atoms with Crippen LogP contribution in [0.1, 0.15) is 5.56 Å². The Kier molecular flexibility index (Phi) is 4.34. The van der Waals surface area contributed by atoms with E-state index >= 15 is 0 Å². The number of esters is 1. The predicted octanol–water partition coefficient (Wildman–Crippen LogP) is 3.86. The SMILES string of the molecule is COc1ccccc1/C=C/C(=O)Oc1cccc2cccnc12. The van der Waals surface area contributed by atoms with Crippen LogP contribution in [0.25, 0.3) is 17.0 Å². The maximum Gasteiger partial charge on any atom is 0.336 e. The van der Waals surface area contributed by atoms with Crippen molar-refractivity contribution in [3.05, 3.63) is 72.4 Å². The summed E-state index contributed by atoms with van der Waals surface area (Å²) >= 11 is 0. The first-order chi connectivity index (χ1) is 11.3. The average molecular weight is 305 g/mol. The molecule has 0 N–H and O–H groups in total. The topological polar surface area (TPSA) is 48.4 Å². The van der Waals surface area contributed by atoms with Crippen LogP contribution in [0.3, 0.4) is 0 Å². The molecular weight excluding hydrogens is 290 g/mol. The van der Waals surface area contributed by atoms with E-state index in [-0.39, 0.29) is 0 Å². The van der Waals surface area contributed by atoms with E-state index in [1.807, 2.05) is 48.5 Å². The van der Waals surface area contributed by atoms with Crippen molar-refractivity contribution in [2.24, 2.45) is 0 Å². The fourth-order valence-electron chi connectivity index (χ4n) is 2.26. The van der Waals surface area contributed by atoms with Gasteiger partial charge >= 0.3 is 5.97 Å². The monoisotopic (exact) mass is 305 g/mol. The molecule has 0 bridgehead atoms. The summed E-state index contributed by atoms with van der Waals surface area (Å²) in [6, 6.07) is 16.7. The lowest BCUT2D eigenvalue weighted by Crippen LogP contribution is -2.04. The lowest BCUT2D eigenvalue weighted by atomic mass is 10.2. The molecule has 0 aliphatic heterocycles. The van der Waals surface area contributed by atoms with E-state index in [4.69, 9.17) is 9.47 Å². The summed E-state index contributed by atoms with van der Waals surface area (Å²) in [6.07, 6.45) is 4.71. The molecule has 0 radical (unpaired) electrons. The highest BCUT2D eigenvalue weighted by molar-refractivity contribution is 5.92. The van der Waals surface area contributed by atoms with Crippen LogP contribution >= 0.6 is 0 Å². The number of carbonyl (C=O) groups excluding carboxylic acids is 1. The van der Waals surface area contributed by atoms with Gasteiger partial charge in [-0.05, 0) is 24.3 Å². The summed E-state index contributed by atoms with van der Waals surface area (Å²) in [6.45, 7) is 0. The summed E-state index contributed by atoms with van der Waals surface area (Å²) in [5, 5.41) is 0.923. The number of para-hydroxylation sites is 2. The van der Waals surface area contributed by atoms with Gasteiger partial charge in [0.15, 0.2) is 5.75 Å². The zero-order valence-corrected chi connectivity index (χ0v) is 12.6. The highest BCUT2D eigenvalue weighted by Crippen LogP contribution is 2.23. The van der Waals surface area contributed by atoms with Gasteiger partial charge in [-0.1, -0.05) is 36.4 Å². The van der Waals surface area contributed by atoms with E-state index in [9.17, 15) is 4.79 Å². The molecular formula is C19H15NO3. The van der Waals surface area contributed by atoms with Gasteiger partial charge in [-0.3, -0.25) is 4.98 Å². The predicted molar refractivity (Wildman–Crippen MR) is 89.4 cm³/mol. The fraction of sp³-hybridized carbons (Fsp3) is 0.0526. The molecule has 0 unspecified atom stereocenters. The smallest absolute Gasteiger partial charge is 0.336 e. The molecule has 1 heterocycles. The lowest BCUT2D eigenvalue weighted by molar-refractivity contribution is -0.128. The third-order valence-electron chi connectivity index (χ3n) is 3.34. The Morgan fingerprint density at radius 3 is 2.65 bits per heavy atom. The Morgan fingerprint density at radius 1 is 1.00 bits per heavy atom. The van der Waals surface area contributed by atoms with Crippen LogP contribution in [0.4, 0.5) is 0 Å². The zero-order chi connectivity index (χ0) is 16.1. The van der Waals surface area contributed by atoms with Gasteiger partial charge in [0.1, 0.15) is 11.3 Å². The van der Waals surface area contributed by atoms with Crippen LogP contribution in [0, 0.1) is 0 Å². The summed E-state index contributed by atoms with van der Waals surface area (Å²) in [5.74, 6) is 0.676. The van der Waals surface area contributed by atoms with Crippen LogP contribution in [0.2, 0.25) is 0 Å². The van der Waals surface area contributed by atoms with Gasteiger partial charge in [-0.2, -0.15) is 0 Å². The molecule has 2 aromatic carbocycles. The Labute approximate surface area is 134 Å². The largest absolute Gasteiger partial charge is 0.496 e. The molecule has 3 aromatic rings. The second kappa shape index (κ2) is 6.75. The van der Waals surface area contributed by atoms with Crippen molar-refractivity contribution in [3.8, 4) is 11.5 Å². The molecule has 114 valence electrons. The van der Waals surface area contributed by atoms with E-state index in [0.29, 0.717) is 17.0 Å². The molecule has 23 heavy (non-hydrogen) atoms. The number of aromatic nitrogens is 1. The van der Waals surface area contributed by atoms with E-state index in [1.165, 1.54) is 6.08 Å². The first kappa shape index (κ1) is 14.8. The molecule has 4 nitrogen and oxygen atoms in total. The highest BCUT2D eigenvalue weighted by atomic mass is 16.5. The Hall–Kier alpha value is -3.14. The summed E-state index contributed by atoms with van der Waals surface area (Å²) in [7, 11) is 1.59. The van der Waals surface area contributed by atoms with Gasteiger partial charge < -0.3 is 9.47 Å². The molecule has 0 spiro atoms. The standard InChI is InChI=1S/C19H15NO3/c1-22-16-9-3-2-6-14(16)11-12-18(21)23-17-10-4-7-15-8-5-13-20-19(15)17/h2-13H,1H3/b12-11+. The molecule has 0 fully saturated rings. The molecule has 1 aromatic heterocycles. The number of nitrogens with zero attached hydrogens (tertiary/aromatic N) is 1. The van der Waals surface area contributed by atoms with Crippen LogP contribution in [0.15, 0.2) is 66.9 Å². The van der Waals surface area contributed by atoms with Crippen molar-refractivity contribution in [2.45, 2.75) is 0 Å². The number of fused-ring (bicyclic) bond motifs is 1. The maximum atomic E-state index is 12.1. The molecule has 4 heteroatoms. The molecule has 0 saturated heterocycles. The van der Waals surface area contributed by atoms with Gasteiger partial charge in [0, 0.05) is 23.2 Å². The van der Waals surface area contributed by atoms with E-state index in [0.717, 1.165) is 10.9 Å². The highest BCUT2D eigenvalue weighted by Gasteiger charge is 2.06. The number of rotatable bonds is 4. The van der Waals surface area contributed by atoms with E-state index < -0.39 is 5.97 Å². The Balaban J connectivity index is 1.80. The molecule has 3 rings (SSSR count). The summed E-state index contributed by atoms with van der Waals surface area (Å²) in [5.41, 5.74) is 1.47. The van der Waals surface area contributed by atoms with Crippen molar-refractivity contribution in [2.75, 3.05) is 7.11 Å². The van der Waals surface area contributed by atoms with E-state index in [2.05, 4.69) is 4.98 Å². The second-order valence-corrected chi connectivity index (χ2v) is 4.83. The minimum Gasteiger partial charge on any atom is -0.496 e. The van der Waals surface area contributed by atoms with Crippen molar-refractivity contribution < 1.29 is 14.3 Å². The first-order valence-corrected chi connectivity index (χ1v) is 7.14. The number of pyridine rings is 1. The maximum absolute atomic E-state index is 12.1. The van der Waals surface area contributed by atoms with Crippen molar-refractivity contribution >= 4 is 22.9 Å². The normalized spacial score (nSPS) is 10.8. The van der Waals surface area contributed by atoms with Gasteiger partial charge in [-0.25, -0.2) is 4.79 Å². The lowest BCUT2D eigenvalue weighted by Gasteiger charge is -2.05. The first-order valence-electron chi connectivity index (χ1n) is 7.14. The van der Waals surface area contributed by atoms with Crippen molar-refractivity contribution in [3.63, 3.8) is 0 Å². The minimum absolute atomic E-state index is 0.442. The molecule has 0 amide bonds. The third-order valence-corrected chi connectivity index (χ3v) is 3.34. The van der Waals surface area contributed by atoms with Gasteiger partial charge in [0.05, 0.1) is 7.11 Å². The summed E-state index contributed by atoms with van der Waals surface area (Å²) in [4.78, 5) is 16.3. The molecule has 0 saturated carbocycles. The third kappa shape index (κ3) is 3.37. The molecule has 0 atom stereocenters. The van der Waals surface area contributed by atoms with Gasteiger partial charge in [-0.15, -0.1) is 0 Å². The quantitative estimate of drug-likeness (QED) is 0.417. The number of ether oxygens (including phenoxy) is 2. The minimum atomic E-state index is -0.464. The van der Waals surface area contributed by atoms with Crippen LogP contribution in [-0.2, 0) is 4.79 Å². The van der Waals surface area contributed by atoms with Crippen molar-refractivity contribution in [1.82, 2.24) is 4.98 Å². The van der Waals surface area contributed by atoms with Crippen molar-refractivity contribution in [1.29, 1.82) is 0 Å². The van der Waals surface area contributed by atoms with Gasteiger partial charge in [0.25, 0.3) is 0 Å². The Morgan fingerprint density at radius 2 is 1.78 bits per heavy atom. The average Bonchev–Trinajstić information content (AvgIpc) is 2.60. The van der Waals surface area contributed by atoms with Gasteiger partial charge in [0.2, 0.25) is 0 Å². The Bertz CT molecular complexity index is 866. The number of methoxy groups -OCH3 is 1. The number of hydrogen-bond acceptors (Lipinski definition) is 4. The number of carbonyl (C=O) groups is 1.